The average Bonchev–Trinajstić information content (AvgIpc) is 2.87. The second-order valence-corrected chi connectivity index (χ2v) is 7.08. The standard InChI is InChI=1S/C10H9F3N2O3S2/c1-6-8(19-5-14-6)4-20(16,17)3-7-2-18-15-9(7)10(11,12)13/h2,5H,3-4H2,1H3. The molecule has 0 aliphatic carbocycles. The number of thiazole rings is 1. The molecule has 0 bridgehead atoms. The van der Waals surface area contributed by atoms with Gasteiger partial charge in [0.15, 0.2) is 15.5 Å². The first-order valence-corrected chi connectivity index (χ1v) is 7.99. The number of nitrogens with zero attached hydrogens (tertiary/aromatic N) is 2. The maximum absolute atomic E-state index is 12.6. The molecule has 0 aliphatic rings. The smallest absolute Gasteiger partial charge is 0.364 e. The maximum atomic E-state index is 12.6. The van der Waals surface area contributed by atoms with Crippen molar-refractivity contribution in [3.8, 4) is 0 Å². The molecule has 0 N–H and O–H groups in total. The van der Waals surface area contributed by atoms with E-state index in [1.54, 1.807) is 6.92 Å². The van der Waals surface area contributed by atoms with Gasteiger partial charge >= 0.3 is 6.18 Å². The third kappa shape index (κ3) is 3.37. The van der Waals surface area contributed by atoms with Crippen LogP contribution in [0.2, 0.25) is 0 Å². The van der Waals surface area contributed by atoms with E-state index in [0.717, 1.165) is 11.3 Å². The lowest BCUT2D eigenvalue weighted by Crippen LogP contribution is -2.13. The van der Waals surface area contributed by atoms with Crippen molar-refractivity contribution in [2.75, 3.05) is 0 Å². The molecular formula is C10H9F3N2O3S2. The Kier molecular flexibility index (Phi) is 3.87. The van der Waals surface area contributed by atoms with Crippen molar-refractivity contribution in [3.05, 3.63) is 33.6 Å². The zero-order chi connectivity index (χ0) is 15.0. The summed E-state index contributed by atoms with van der Waals surface area (Å²) in [5.74, 6) is -1.13. The molecule has 0 amide bonds. The molecule has 0 atom stereocenters. The Bertz CT molecular complexity index is 703. The zero-order valence-corrected chi connectivity index (χ0v) is 11.8. The Morgan fingerprint density at radius 2 is 2.05 bits per heavy atom. The molecule has 0 saturated carbocycles. The van der Waals surface area contributed by atoms with Gasteiger partial charge in [0.05, 0.1) is 22.7 Å². The fraction of sp³-hybridized carbons (Fsp3) is 0.400. The van der Waals surface area contributed by atoms with Crippen LogP contribution < -0.4 is 0 Å². The van der Waals surface area contributed by atoms with E-state index in [-0.39, 0.29) is 5.75 Å². The van der Waals surface area contributed by atoms with E-state index in [9.17, 15) is 21.6 Å². The number of halogens is 3. The zero-order valence-electron chi connectivity index (χ0n) is 10.1. The van der Waals surface area contributed by atoms with Crippen LogP contribution in [0.25, 0.3) is 0 Å². The third-order valence-electron chi connectivity index (χ3n) is 2.48. The number of sulfone groups is 1. The maximum Gasteiger partial charge on any atom is 0.437 e. The number of rotatable bonds is 4. The Morgan fingerprint density at radius 1 is 1.35 bits per heavy atom. The quantitative estimate of drug-likeness (QED) is 0.863. The first-order chi connectivity index (χ1) is 9.19. The third-order valence-corrected chi connectivity index (χ3v) is 5.08. The summed E-state index contributed by atoms with van der Waals surface area (Å²) in [6.45, 7) is 1.64. The van der Waals surface area contributed by atoms with E-state index in [1.807, 2.05) is 0 Å². The van der Waals surface area contributed by atoms with E-state index >= 15 is 0 Å². The molecule has 20 heavy (non-hydrogen) atoms. The minimum absolute atomic E-state index is 0.355. The van der Waals surface area contributed by atoms with Crippen molar-refractivity contribution in [3.63, 3.8) is 0 Å². The topological polar surface area (TPSA) is 73.1 Å². The van der Waals surface area contributed by atoms with Crippen LogP contribution in [0.3, 0.4) is 0 Å². The molecular weight excluding hydrogens is 317 g/mol. The summed E-state index contributed by atoms with van der Waals surface area (Å²) in [5.41, 5.74) is 0.252. The molecule has 0 saturated heterocycles. The molecule has 5 nitrogen and oxygen atoms in total. The van der Waals surface area contributed by atoms with Crippen LogP contribution in [0.5, 0.6) is 0 Å². The highest BCUT2D eigenvalue weighted by molar-refractivity contribution is 7.90. The Morgan fingerprint density at radius 3 is 2.60 bits per heavy atom. The number of aryl methyl sites for hydroxylation is 1. The van der Waals surface area contributed by atoms with Gasteiger partial charge in [-0.05, 0) is 6.92 Å². The van der Waals surface area contributed by atoms with Gasteiger partial charge in [0.1, 0.15) is 6.26 Å². The van der Waals surface area contributed by atoms with Gasteiger partial charge in [-0.3, -0.25) is 0 Å². The average molecular weight is 326 g/mol. The van der Waals surface area contributed by atoms with E-state index in [2.05, 4.69) is 14.7 Å². The monoisotopic (exact) mass is 326 g/mol. The van der Waals surface area contributed by atoms with Crippen molar-refractivity contribution < 1.29 is 26.1 Å². The fourth-order valence-corrected chi connectivity index (χ4v) is 4.31. The molecule has 0 fully saturated rings. The molecule has 0 aromatic carbocycles. The molecule has 2 rings (SSSR count). The van der Waals surface area contributed by atoms with Crippen LogP contribution in [-0.2, 0) is 27.5 Å². The Labute approximate surface area is 116 Å². The van der Waals surface area contributed by atoms with Crippen LogP contribution in [0.15, 0.2) is 16.3 Å². The Balaban J connectivity index is 2.22. The van der Waals surface area contributed by atoms with E-state index < -0.39 is 33.0 Å². The predicted octanol–water partition coefficient (Wildman–Crippen LogP) is 2.57. The SMILES string of the molecule is Cc1ncsc1CS(=O)(=O)Cc1conc1C(F)(F)F. The minimum atomic E-state index is -4.74. The molecule has 0 spiro atoms. The second kappa shape index (κ2) is 5.17. The molecule has 2 aromatic rings. The summed E-state index contributed by atoms with van der Waals surface area (Å²) >= 11 is 1.15. The normalized spacial score (nSPS) is 12.8. The van der Waals surface area contributed by atoms with Gasteiger partial charge in [-0.15, -0.1) is 11.3 Å². The van der Waals surface area contributed by atoms with Gasteiger partial charge in [0.2, 0.25) is 0 Å². The van der Waals surface area contributed by atoms with Crippen molar-refractivity contribution >= 4 is 21.2 Å². The summed E-state index contributed by atoms with van der Waals surface area (Å²) in [5, 5.41) is 2.81. The highest BCUT2D eigenvalue weighted by atomic mass is 32.2. The number of aromatic nitrogens is 2. The van der Waals surface area contributed by atoms with Crippen molar-refractivity contribution in [2.24, 2.45) is 0 Å². The van der Waals surface area contributed by atoms with E-state index in [4.69, 9.17) is 0 Å². The Hall–Kier alpha value is -1.42. The number of hydrogen-bond acceptors (Lipinski definition) is 6. The van der Waals surface area contributed by atoms with Crippen LogP contribution >= 0.6 is 11.3 Å². The lowest BCUT2D eigenvalue weighted by atomic mass is 10.3. The molecule has 10 heteroatoms. The van der Waals surface area contributed by atoms with Gasteiger partial charge in [0.25, 0.3) is 0 Å². The van der Waals surface area contributed by atoms with Crippen molar-refractivity contribution in [1.29, 1.82) is 0 Å². The first kappa shape index (κ1) is 15.0. The molecule has 110 valence electrons. The molecule has 0 aliphatic heterocycles. The van der Waals surface area contributed by atoms with Crippen LogP contribution in [0.4, 0.5) is 13.2 Å². The summed E-state index contributed by atoms with van der Waals surface area (Å²) in [6, 6.07) is 0. The molecule has 0 unspecified atom stereocenters. The van der Waals surface area contributed by atoms with Gasteiger partial charge in [0, 0.05) is 10.4 Å². The lowest BCUT2D eigenvalue weighted by molar-refractivity contribution is -0.143. The summed E-state index contributed by atoms with van der Waals surface area (Å²) in [4.78, 5) is 4.41. The van der Waals surface area contributed by atoms with Crippen LogP contribution in [0.1, 0.15) is 21.8 Å². The highest BCUT2D eigenvalue weighted by Crippen LogP contribution is 2.32. The highest BCUT2D eigenvalue weighted by Gasteiger charge is 2.38. The second-order valence-electron chi connectivity index (χ2n) is 4.08. The summed E-state index contributed by atoms with van der Waals surface area (Å²) < 4.78 is 65.8. The number of hydrogen-bond donors (Lipinski definition) is 0. The van der Waals surface area contributed by atoms with Gasteiger partial charge in [-0.2, -0.15) is 13.2 Å². The molecule has 2 heterocycles. The lowest BCUT2D eigenvalue weighted by Gasteiger charge is -2.05. The summed E-state index contributed by atoms with van der Waals surface area (Å²) in [6.07, 6.45) is -4.03. The first-order valence-electron chi connectivity index (χ1n) is 5.29. The van der Waals surface area contributed by atoms with Crippen LogP contribution in [0, 0.1) is 6.92 Å². The van der Waals surface area contributed by atoms with Gasteiger partial charge < -0.3 is 4.52 Å². The fourth-order valence-electron chi connectivity index (χ4n) is 1.55. The van der Waals surface area contributed by atoms with Crippen molar-refractivity contribution in [1.82, 2.24) is 10.1 Å². The minimum Gasteiger partial charge on any atom is -0.364 e. The predicted molar refractivity (Wildman–Crippen MR) is 64.7 cm³/mol. The summed E-state index contributed by atoms with van der Waals surface area (Å²) in [7, 11) is -3.76. The van der Waals surface area contributed by atoms with Crippen LogP contribution in [-0.4, -0.2) is 18.6 Å². The van der Waals surface area contributed by atoms with Gasteiger partial charge in [-0.1, -0.05) is 5.16 Å². The molecule has 0 radical (unpaired) electrons. The molecule has 2 aromatic heterocycles. The number of alkyl halides is 3. The van der Waals surface area contributed by atoms with E-state index in [1.165, 1.54) is 5.51 Å². The largest absolute Gasteiger partial charge is 0.437 e. The van der Waals surface area contributed by atoms with Crippen molar-refractivity contribution in [2.45, 2.75) is 24.6 Å². The van der Waals surface area contributed by atoms with Gasteiger partial charge in [-0.25, -0.2) is 13.4 Å². The van der Waals surface area contributed by atoms with E-state index in [0.29, 0.717) is 16.8 Å².